The van der Waals surface area contributed by atoms with Gasteiger partial charge in [0, 0.05) is 37.8 Å². The van der Waals surface area contributed by atoms with E-state index >= 15 is 0 Å². The number of aromatic nitrogens is 2. The maximum atomic E-state index is 9.92. The maximum absolute atomic E-state index is 9.92. The van der Waals surface area contributed by atoms with Crippen LogP contribution in [0.2, 0.25) is 0 Å². The van der Waals surface area contributed by atoms with Crippen LogP contribution >= 0.6 is 0 Å². The zero-order valence-corrected chi connectivity index (χ0v) is 14.7. The smallest absolute Gasteiger partial charge is 0.227 e. The molecule has 2 aliphatic heterocycles. The Morgan fingerprint density at radius 3 is 2.75 bits per heavy atom. The molecule has 2 N–H and O–H groups in total. The highest BCUT2D eigenvalue weighted by molar-refractivity contribution is 5.44. The molecule has 1 aromatic rings. The van der Waals surface area contributed by atoms with E-state index in [0.717, 1.165) is 76.5 Å². The van der Waals surface area contributed by atoms with Gasteiger partial charge in [-0.1, -0.05) is 13.3 Å². The molecular formula is C18H30N4O2. The van der Waals surface area contributed by atoms with E-state index in [-0.39, 0.29) is 18.1 Å². The second-order valence-corrected chi connectivity index (χ2v) is 7.37. The zero-order valence-electron chi connectivity index (χ0n) is 14.7. The van der Waals surface area contributed by atoms with E-state index in [2.05, 4.69) is 21.7 Å². The quantitative estimate of drug-likeness (QED) is 0.856. The van der Waals surface area contributed by atoms with Gasteiger partial charge in [-0.05, 0) is 38.2 Å². The van der Waals surface area contributed by atoms with E-state index in [9.17, 15) is 10.2 Å². The molecule has 1 aromatic heterocycles. The van der Waals surface area contributed by atoms with Gasteiger partial charge in [-0.15, -0.1) is 0 Å². The summed E-state index contributed by atoms with van der Waals surface area (Å²) < 4.78 is 0. The van der Waals surface area contributed by atoms with E-state index in [0.29, 0.717) is 0 Å². The second kappa shape index (κ2) is 7.66. The van der Waals surface area contributed by atoms with Crippen LogP contribution in [-0.4, -0.2) is 59.1 Å². The van der Waals surface area contributed by atoms with E-state index in [1.165, 1.54) is 0 Å². The number of aliphatic hydroxyl groups is 2. The molecule has 0 amide bonds. The fourth-order valence-electron chi connectivity index (χ4n) is 4.08. The van der Waals surface area contributed by atoms with Crippen molar-refractivity contribution in [2.24, 2.45) is 5.41 Å². The molecule has 1 atom stereocenters. The van der Waals surface area contributed by atoms with E-state index in [1.807, 2.05) is 12.3 Å². The third kappa shape index (κ3) is 3.81. The monoisotopic (exact) mass is 334 g/mol. The van der Waals surface area contributed by atoms with Crippen molar-refractivity contribution in [1.29, 1.82) is 0 Å². The lowest BCUT2D eigenvalue weighted by atomic mass is 9.77. The average Bonchev–Trinajstić information content (AvgIpc) is 2.63. The molecule has 0 aliphatic carbocycles. The van der Waals surface area contributed by atoms with Crippen molar-refractivity contribution in [3.05, 3.63) is 12.3 Å². The molecule has 3 heterocycles. The van der Waals surface area contributed by atoms with Crippen LogP contribution in [0.1, 0.15) is 45.4 Å². The number of hydrogen-bond acceptors (Lipinski definition) is 6. The minimum absolute atomic E-state index is 0.0123. The van der Waals surface area contributed by atoms with E-state index < -0.39 is 0 Å². The Labute approximate surface area is 144 Å². The van der Waals surface area contributed by atoms with Crippen LogP contribution in [0.15, 0.2) is 12.3 Å². The van der Waals surface area contributed by atoms with E-state index in [4.69, 9.17) is 4.98 Å². The van der Waals surface area contributed by atoms with Gasteiger partial charge in [0.15, 0.2) is 0 Å². The molecule has 2 aliphatic rings. The number of hydrogen-bond donors (Lipinski definition) is 2. The lowest BCUT2D eigenvalue weighted by molar-refractivity contribution is 0.0949. The largest absolute Gasteiger partial charge is 0.396 e. The molecule has 0 saturated carbocycles. The molecule has 0 radical (unpaired) electrons. The molecule has 134 valence electrons. The van der Waals surface area contributed by atoms with Gasteiger partial charge < -0.3 is 20.0 Å². The Kier molecular flexibility index (Phi) is 5.56. The first-order valence-electron chi connectivity index (χ1n) is 9.28. The fraction of sp³-hybridized carbons (Fsp3) is 0.778. The molecule has 2 saturated heterocycles. The van der Waals surface area contributed by atoms with Gasteiger partial charge in [-0.25, -0.2) is 4.98 Å². The minimum atomic E-state index is -0.177. The van der Waals surface area contributed by atoms with Crippen LogP contribution in [0.25, 0.3) is 0 Å². The Hall–Kier alpha value is -1.40. The summed E-state index contributed by atoms with van der Waals surface area (Å²) in [6, 6.07) is 1.95. The van der Waals surface area contributed by atoms with Gasteiger partial charge in [-0.3, -0.25) is 0 Å². The van der Waals surface area contributed by atoms with Crippen molar-refractivity contribution >= 4 is 11.8 Å². The van der Waals surface area contributed by atoms with Gasteiger partial charge in [0.05, 0.1) is 12.7 Å². The predicted octanol–water partition coefficient (Wildman–Crippen LogP) is 1.82. The SMILES string of the molecule is CCC[C@]1(CO)CCCN(c2nccc(N3CCC(O)CC3)n2)C1. The summed E-state index contributed by atoms with van der Waals surface area (Å²) in [5.74, 6) is 1.72. The van der Waals surface area contributed by atoms with Gasteiger partial charge in [0.2, 0.25) is 5.95 Å². The summed E-state index contributed by atoms with van der Waals surface area (Å²) >= 11 is 0. The third-order valence-corrected chi connectivity index (χ3v) is 5.48. The summed E-state index contributed by atoms with van der Waals surface area (Å²) in [4.78, 5) is 13.7. The molecular weight excluding hydrogens is 304 g/mol. The standard InChI is InChI=1S/C18H30N4O2/c1-2-7-18(14-23)8-3-10-22(13-18)17-19-9-4-16(20-17)21-11-5-15(24)6-12-21/h4,9,15,23-24H,2-3,5-8,10-14H2,1H3/t18-/m0/s1. The molecule has 0 spiro atoms. The molecule has 3 rings (SSSR count). The second-order valence-electron chi connectivity index (χ2n) is 7.37. The molecule has 6 heteroatoms. The lowest BCUT2D eigenvalue weighted by Gasteiger charge is -2.42. The van der Waals surface area contributed by atoms with Gasteiger partial charge in [0.1, 0.15) is 5.82 Å². The first kappa shape index (κ1) is 17.4. The van der Waals surface area contributed by atoms with Crippen LogP contribution in [0, 0.1) is 5.41 Å². The predicted molar refractivity (Wildman–Crippen MR) is 95.4 cm³/mol. The summed E-state index contributed by atoms with van der Waals surface area (Å²) in [7, 11) is 0. The van der Waals surface area contributed by atoms with Gasteiger partial charge in [0.25, 0.3) is 0 Å². The van der Waals surface area contributed by atoms with Crippen molar-refractivity contribution in [2.75, 3.05) is 42.6 Å². The van der Waals surface area contributed by atoms with Gasteiger partial charge in [-0.2, -0.15) is 4.98 Å². The van der Waals surface area contributed by atoms with Crippen molar-refractivity contribution in [3.8, 4) is 0 Å². The van der Waals surface area contributed by atoms with E-state index in [1.54, 1.807) is 0 Å². The molecule has 6 nitrogen and oxygen atoms in total. The van der Waals surface area contributed by atoms with Crippen LogP contribution in [-0.2, 0) is 0 Å². The van der Waals surface area contributed by atoms with Crippen molar-refractivity contribution in [3.63, 3.8) is 0 Å². The lowest BCUT2D eigenvalue weighted by Crippen LogP contribution is -2.46. The normalized spacial score (nSPS) is 26.0. The number of rotatable bonds is 5. The van der Waals surface area contributed by atoms with Crippen molar-refractivity contribution in [1.82, 2.24) is 9.97 Å². The van der Waals surface area contributed by atoms with Crippen molar-refractivity contribution < 1.29 is 10.2 Å². The Balaban J connectivity index is 1.73. The fourth-order valence-corrected chi connectivity index (χ4v) is 4.08. The van der Waals surface area contributed by atoms with Crippen LogP contribution < -0.4 is 9.80 Å². The van der Waals surface area contributed by atoms with Gasteiger partial charge >= 0.3 is 0 Å². The Morgan fingerprint density at radius 1 is 1.25 bits per heavy atom. The molecule has 0 unspecified atom stereocenters. The van der Waals surface area contributed by atoms with Crippen LogP contribution in [0.3, 0.4) is 0 Å². The summed E-state index contributed by atoms with van der Waals surface area (Å²) in [5.41, 5.74) is -0.0123. The average molecular weight is 334 g/mol. The molecule has 2 fully saturated rings. The Bertz CT molecular complexity index is 530. The number of anilines is 2. The number of aliphatic hydroxyl groups excluding tert-OH is 2. The highest BCUT2D eigenvalue weighted by atomic mass is 16.3. The van der Waals surface area contributed by atoms with Crippen molar-refractivity contribution in [2.45, 2.75) is 51.6 Å². The first-order valence-corrected chi connectivity index (χ1v) is 9.28. The Morgan fingerprint density at radius 2 is 2.04 bits per heavy atom. The summed E-state index contributed by atoms with van der Waals surface area (Å²) in [6.45, 7) is 5.88. The summed E-state index contributed by atoms with van der Waals surface area (Å²) in [6.07, 6.45) is 7.54. The molecule has 0 bridgehead atoms. The zero-order chi connectivity index (χ0) is 17.0. The maximum Gasteiger partial charge on any atom is 0.227 e. The minimum Gasteiger partial charge on any atom is -0.396 e. The number of piperidine rings is 2. The highest BCUT2D eigenvalue weighted by Crippen LogP contribution is 2.35. The van der Waals surface area contributed by atoms with Crippen LogP contribution in [0.5, 0.6) is 0 Å². The first-order chi connectivity index (χ1) is 11.7. The summed E-state index contributed by atoms with van der Waals surface area (Å²) in [5, 5.41) is 19.6. The number of nitrogens with zero attached hydrogens (tertiary/aromatic N) is 4. The molecule has 0 aromatic carbocycles. The highest BCUT2D eigenvalue weighted by Gasteiger charge is 2.35. The van der Waals surface area contributed by atoms with Crippen LogP contribution in [0.4, 0.5) is 11.8 Å². The topological polar surface area (TPSA) is 72.7 Å². The molecule has 24 heavy (non-hydrogen) atoms. The third-order valence-electron chi connectivity index (χ3n) is 5.48.